The monoisotopic (exact) mass is 215 g/mol. The Balaban J connectivity index is 2.24. The van der Waals surface area contributed by atoms with Crippen molar-refractivity contribution in [1.82, 2.24) is 4.98 Å². The first-order chi connectivity index (χ1) is 7.40. The highest BCUT2D eigenvalue weighted by Crippen LogP contribution is 2.22. The fraction of sp³-hybridized carbons (Fsp3) is 0.154. The van der Waals surface area contributed by atoms with Crippen LogP contribution in [0.5, 0.6) is 0 Å². The maximum absolute atomic E-state index is 4.32. The minimum absolute atomic E-state index is 1.03. The van der Waals surface area contributed by atoms with Crippen molar-refractivity contribution in [3.8, 4) is 11.3 Å². The Hall–Kier alpha value is -1.28. The fourth-order valence-corrected chi connectivity index (χ4v) is 2.08. The molecule has 15 heavy (non-hydrogen) atoms. The normalized spacial score (nSPS) is 10.2. The number of hydrogen-bond acceptors (Lipinski definition) is 2. The summed E-state index contributed by atoms with van der Waals surface area (Å²) in [6.45, 7) is 2.16. The van der Waals surface area contributed by atoms with Gasteiger partial charge in [-0.15, -0.1) is 11.8 Å². The first-order valence-corrected chi connectivity index (χ1v) is 6.03. The third-order valence-corrected chi connectivity index (χ3v) is 3.02. The molecule has 0 unspecified atom stereocenters. The standard InChI is InChI=1S/C13H13NS/c1-2-15-12-8-6-11(7-9-12)13-5-3-4-10-14-13/h3-10H,2H2,1H3. The minimum atomic E-state index is 1.03. The van der Waals surface area contributed by atoms with Gasteiger partial charge in [0.2, 0.25) is 0 Å². The van der Waals surface area contributed by atoms with E-state index in [2.05, 4.69) is 36.2 Å². The number of rotatable bonds is 3. The summed E-state index contributed by atoms with van der Waals surface area (Å²) in [6, 6.07) is 14.5. The van der Waals surface area contributed by atoms with Crippen LogP contribution in [0, 0.1) is 0 Å². The molecule has 76 valence electrons. The molecule has 2 heteroatoms. The Labute approximate surface area is 94.6 Å². The van der Waals surface area contributed by atoms with Crippen LogP contribution in [0.15, 0.2) is 53.6 Å². The fourth-order valence-electron chi connectivity index (χ4n) is 1.42. The van der Waals surface area contributed by atoms with Gasteiger partial charge in [0.15, 0.2) is 0 Å². The Morgan fingerprint density at radius 2 is 1.87 bits per heavy atom. The summed E-state index contributed by atoms with van der Waals surface area (Å²) >= 11 is 1.86. The molecule has 0 amide bonds. The number of benzene rings is 1. The van der Waals surface area contributed by atoms with E-state index in [1.54, 1.807) is 0 Å². The molecule has 0 saturated heterocycles. The first-order valence-electron chi connectivity index (χ1n) is 5.04. The van der Waals surface area contributed by atoms with Gasteiger partial charge < -0.3 is 0 Å². The lowest BCUT2D eigenvalue weighted by atomic mass is 10.1. The zero-order valence-corrected chi connectivity index (χ0v) is 9.50. The van der Waals surface area contributed by atoms with Gasteiger partial charge >= 0.3 is 0 Å². The average Bonchev–Trinajstić information content (AvgIpc) is 2.32. The van der Waals surface area contributed by atoms with Gasteiger partial charge in [-0.1, -0.05) is 25.1 Å². The van der Waals surface area contributed by atoms with Gasteiger partial charge in [0.05, 0.1) is 5.69 Å². The summed E-state index contributed by atoms with van der Waals surface area (Å²) in [5.74, 6) is 1.11. The van der Waals surface area contributed by atoms with Gasteiger partial charge in [0, 0.05) is 16.7 Å². The summed E-state index contributed by atoms with van der Waals surface area (Å²) in [5.41, 5.74) is 2.21. The van der Waals surface area contributed by atoms with Crippen molar-refractivity contribution in [3.63, 3.8) is 0 Å². The van der Waals surface area contributed by atoms with Crippen LogP contribution in [-0.2, 0) is 0 Å². The van der Waals surface area contributed by atoms with Crippen LogP contribution in [0.3, 0.4) is 0 Å². The van der Waals surface area contributed by atoms with Gasteiger partial charge in [-0.25, -0.2) is 0 Å². The van der Waals surface area contributed by atoms with Crippen LogP contribution in [0.1, 0.15) is 6.92 Å². The lowest BCUT2D eigenvalue weighted by molar-refractivity contribution is 1.32. The van der Waals surface area contributed by atoms with Crippen molar-refractivity contribution >= 4 is 11.8 Å². The molecule has 0 radical (unpaired) electrons. The van der Waals surface area contributed by atoms with E-state index in [9.17, 15) is 0 Å². The molecule has 1 heterocycles. The molecular formula is C13H13NS. The second kappa shape index (κ2) is 4.99. The highest BCUT2D eigenvalue weighted by molar-refractivity contribution is 7.99. The summed E-state index contributed by atoms with van der Waals surface area (Å²) in [7, 11) is 0. The molecule has 0 bridgehead atoms. The Morgan fingerprint density at radius 1 is 1.07 bits per heavy atom. The van der Waals surface area contributed by atoms with Gasteiger partial charge in [0.25, 0.3) is 0 Å². The lowest BCUT2D eigenvalue weighted by Crippen LogP contribution is -1.81. The van der Waals surface area contributed by atoms with Gasteiger partial charge in [-0.05, 0) is 30.0 Å². The number of thioether (sulfide) groups is 1. The predicted molar refractivity (Wildman–Crippen MR) is 66.1 cm³/mol. The Bertz CT molecular complexity index is 408. The van der Waals surface area contributed by atoms with Crippen LogP contribution >= 0.6 is 11.8 Å². The second-order valence-corrected chi connectivity index (χ2v) is 4.51. The zero-order valence-electron chi connectivity index (χ0n) is 8.68. The highest BCUT2D eigenvalue weighted by atomic mass is 32.2. The number of nitrogens with zero attached hydrogens (tertiary/aromatic N) is 1. The van der Waals surface area contributed by atoms with Crippen LogP contribution in [0.4, 0.5) is 0 Å². The third kappa shape index (κ3) is 2.60. The van der Waals surface area contributed by atoms with Crippen molar-refractivity contribution in [2.75, 3.05) is 5.75 Å². The van der Waals surface area contributed by atoms with Crippen molar-refractivity contribution in [1.29, 1.82) is 0 Å². The molecule has 1 aromatic heterocycles. The maximum atomic E-state index is 4.32. The molecule has 1 nitrogen and oxygen atoms in total. The van der Waals surface area contributed by atoms with Crippen molar-refractivity contribution < 1.29 is 0 Å². The summed E-state index contributed by atoms with van der Waals surface area (Å²) < 4.78 is 0. The highest BCUT2D eigenvalue weighted by Gasteiger charge is 1.97. The SMILES string of the molecule is CCSc1ccc(-c2ccccn2)cc1. The van der Waals surface area contributed by atoms with E-state index in [1.165, 1.54) is 10.5 Å². The molecule has 0 spiro atoms. The first kappa shape index (κ1) is 10.2. The van der Waals surface area contributed by atoms with Crippen molar-refractivity contribution in [2.45, 2.75) is 11.8 Å². The largest absolute Gasteiger partial charge is 0.256 e. The average molecular weight is 215 g/mol. The number of hydrogen-bond donors (Lipinski definition) is 0. The van der Waals surface area contributed by atoms with Crippen LogP contribution in [-0.4, -0.2) is 10.7 Å². The van der Waals surface area contributed by atoms with Crippen LogP contribution in [0.25, 0.3) is 11.3 Å². The van der Waals surface area contributed by atoms with E-state index in [0.717, 1.165) is 11.4 Å². The quantitative estimate of drug-likeness (QED) is 0.721. The molecule has 2 rings (SSSR count). The van der Waals surface area contributed by atoms with E-state index >= 15 is 0 Å². The van der Waals surface area contributed by atoms with Crippen molar-refractivity contribution in [3.05, 3.63) is 48.7 Å². The predicted octanol–water partition coefficient (Wildman–Crippen LogP) is 3.86. The summed E-state index contributed by atoms with van der Waals surface area (Å²) in [5, 5.41) is 0. The molecule has 2 aromatic rings. The number of aromatic nitrogens is 1. The summed E-state index contributed by atoms with van der Waals surface area (Å²) in [6.07, 6.45) is 1.82. The maximum Gasteiger partial charge on any atom is 0.0701 e. The molecular weight excluding hydrogens is 202 g/mol. The van der Waals surface area contributed by atoms with Gasteiger partial charge in [-0.3, -0.25) is 4.98 Å². The van der Waals surface area contributed by atoms with Crippen LogP contribution < -0.4 is 0 Å². The van der Waals surface area contributed by atoms with Crippen molar-refractivity contribution in [2.24, 2.45) is 0 Å². The molecule has 1 aromatic carbocycles. The Morgan fingerprint density at radius 3 is 2.47 bits per heavy atom. The van der Waals surface area contributed by atoms with Gasteiger partial charge in [0.1, 0.15) is 0 Å². The third-order valence-electron chi connectivity index (χ3n) is 2.13. The van der Waals surface area contributed by atoms with E-state index < -0.39 is 0 Å². The summed E-state index contributed by atoms with van der Waals surface area (Å²) in [4.78, 5) is 5.63. The van der Waals surface area contributed by atoms with Crippen LogP contribution in [0.2, 0.25) is 0 Å². The van der Waals surface area contributed by atoms with E-state index in [-0.39, 0.29) is 0 Å². The molecule has 0 N–H and O–H groups in total. The number of pyridine rings is 1. The molecule has 0 fully saturated rings. The molecule has 0 aliphatic rings. The smallest absolute Gasteiger partial charge is 0.0701 e. The molecule has 0 aliphatic carbocycles. The van der Waals surface area contributed by atoms with E-state index in [0.29, 0.717) is 0 Å². The molecule has 0 atom stereocenters. The molecule has 0 saturated carbocycles. The van der Waals surface area contributed by atoms with E-state index in [1.807, 2.05) is 36.2 Å². The second-order valence-electron chi connectivity index (χ2n) is 3.17. The molecule has 0 aliphatic heterocycles. The van der Waals surface area contributed by atoms with Gasteiger partial charge in [-0.2, -0.15) is 0 Å². The topological polar surface area (TPSA) is 12.9 Å². The minimum Gasteiger partial charge on any atom is -0.256 e. The zero-order chi connectivity index (χ0) is 10.5. The Kier molecular flexibility index (Phi) is 3.41. The van der Waals surface area contributed by atoms with E-state index in [4.69, 9.17) is 0 Å². The lowest BCUT2D eigenvalue weighted by Gasteiger charge is -2.02.